The molecule has 6 aromatic heterocycles. The van der Waals surface area contributed by atoms with Crippen molar-refractivity contribution >= 4 is 33.7 Å². The van der Waals surface area contributed by atoms with Crippen molar-refractivity contribution in [3.05, 3.63) is 140 Å². The Morgan fingerprint density at radius 1 is 0.702 bits per heavy atom. The highest BCUT2D eigenvalue weighted by Crippen LogP contribution is 2.18. The Labute approximate surface area is 268 Å². The molecular weight excluding hydrogens is 600 g/mol. The van der Waals surface area contributed by atoms with Crippen LogP contribution >= 0.6 is 0 Å². The van der Waals surface area contributed by atoms with Crippen molar-refractivity contribution in [1.82, 2.24) is 29.1 Å². The van der Waals surface area contributed by atoms with E-state index in [4.69, 9.17) is 9.47 Å². The second kappa shape index (κ2) is 13.1. The molecule has 6 heterocycles. The maximum Gasteiger partial charge on any atom is 0.340 e. The standard InChI is InChI=1S/C35H30N6O6/c1-4-46-34(44)26-16-28-31(38-21(26)2)9-14-41(33(28)43)19-24-7-12-37-25(15-24)20-47-35(45)27-17-29-30(39-22(27)3)8-13-40(32(29)42)18-23-5-10-36-11-6-23/h5-17H,4,18-20H2,1-3H3. The molecule has 0 amide bonds. The Balaban J connectivity index is 1.19. The zero-order chi connectivity index (χ0) is 33.1. The second-order valence-corrected chi connectivity index (χ2v) is 10.9. The van der Waals surface area contributed by atoms with Gasteiger partial charge in [0.15, 0.2) is 0 Å². The molecule has 6 aromatic rings. The van der Waals surface area contributed by atoms with Gasteiger partial charge in [-0.2, -0.15) is 0 Å². The first-order chi connectivity index (χ1) is 22.7. The fourth-order valence-electron chi connectivity index (χ4n) is 5.29. The monoisotopic (exact) mass is 630 g/mol. The van der Waals surface area contributed by atoms with Gasteiger partial charge in [-0.25, -0.2) is 9.59 Å². The number of nitrogens with zero attached hydrogens (tertiary/aromatic N) is 6. The summed E-state index contributed by atoms with van der Waals surface area (Å²) in [5.41, 5.74) is 3.84. The second-order valence-electron chi connectivity index (χ2n) is 10.9. The minimum atomic E-state index is -0.640. The largest absolute Gasteiger partial charge is 0.462 e. The summed E-state index contributed by atoms with van der Waals surface area (Å²) < 4.78 is 13.8. The fourth-order valence-corrected chi connectivity index (χ4v) is 5.29. The molecule has 12 heteroatoms. The third kappa shape index (κ3) is 6.52. The van der Waals surface area contributed by atoms with Crippen molar-refractivity contribution in [1.29, 1.82) is 0 Å². The van der Waals surface area contributed by atoms with Crippen molar-refractivity contribution < 1.29 is 19.1 Å². The van der Waals surface area contributed by atoms with Gasteiger partial charge in [0.05, 0.1) is 69.7 Å². The molecular formula is C35H30N6O6. The van der Waals surface area contributed by atoms with Gasteiger partial charge in [-0.3, -0.25) is 29.5 Å². The van der Waals surface area contributed by atoms with Crippen LogP contribution in [0.25, 0.3) is 21.8 Å². The van der Waals surface area contributed by atoms with Gasteiger partial charge in [0, 0.05) is 31.0 Å². The Morgan fingerprint density at radius 3 is 1.81 bits per heavy atom. The molecule has 47 heavy (non-hydrogen) atoms. The molecule has 0 spiro atoms. The average molecular weight is 631 g/mol. The summed E-state index contributed by atoms with van der Waals surface area (Å²) in [5, 5.41) is 0.604. The summed E-state index contributed by atoms with van der Waals surface area (Å²) in [5.74, 6) is -1.17. The molecule has 6 rings (SSSR count). The molecule has 0 N–H and O–H groups in total. The number of pyridine rings is 6. The summed E-state index contributed by atoms with van der Waals surface area (Å²) in [6, 6.07) is 13.7. The molecule has 0 aromatic carbocycles. The van der Waals surface area contributed by atoms with E-state index in [0.717, 1.165) is 11.1 Å². The van der Waals surface area contributed by atoms with Gasteiger partial charge in [-0.1, -0.05) is 0 Å². The lowest BCUT2D eigenvalue weighted by atomic mass is 10.1. The maximum atomic E-state index is 13.3. The Bertz CT molecular complexity index is 2280. The van der Waals surface area contributed by atoms with Gasteiger partial charge in [0.2, 0.25) is 0 Å². The first-order valence-electron chi connectivity index (χ1n) is 14.9. The predicted octanol–water partition coefficient (Wildman–Crippen LogP) is 4.14. The molecule has 236 valence electrons. The maximum absolute atomic E-state index is 13.3. The Morgan fingerprint density at radius 2 is 1.23 bits per heavy atom. The lowest BCUT2D eigenvalue weighted by Gasteiger charge is -2.11. The summed E-state index contributed by atoms with van der Waals surface area (Å²) in [7, 11) is 0. The molecule has 0 saturated heterocycles. The number of hydrogen-bond acceptors (Lipinski definition) is 10. The average Bonchev–Trinajstić information content (AvgIpc) is 3.06. The minimum Gasteiger partial charge on any atom is -0.462 e. The third-order valence-corrected chi connectivity index (χ3v) is 7.69. The van der Waals surface area contributed by atoms with Crippen molar-refractivity contribution in [2.75, 3.05) is 6.61 Å². The van der Waals surface area contributed by atoms with Crippen LogP contribution in [0.3, 0.4) is 0 Å². The van der Waals surface area contributed by atoms with Crippen LogP contribution in [0.1, 0.15) is 55.8 Å². The predicted molar refractivity (Wildman–Crippen MR) is 173 cm³/mol. The lowest BCUT2D eigenvalue weighted by Crippen LogP contribution is -2.21. The van der Waals surface area contributed by atoms with Crippen LogP contribution in [-0.2, 0) is 29.2 Å². The number of aromatic nitrogens is 6. The van der Waals surface area contributed by atoms with E-state index in [2.05, 4.69) is 19.9 Å². The number of carbonyl (C=O) groups excluding carboxylic acids is 2. The number of rotatable bonds is 9. The first-order valence-corrected chi connectivity index (χ1v) is 14.9. The first kappa shape index (κ1) is 31.0. The van der Waals surface area contributed by atoms with Crippen LogP contribution < -0.4 is 11.1 Å². The third-order valence-electron chi connectivity index (χ3n) is 7.69. The van der Waals surface area contributed by atoms with Gasteiger partial charge in [0.25, 0.3) is 11.1 Å². The van der Waals surface area contributed by atoms with E-state index in [1.807, 2.05) is 12.1 Å². The van der Waals surface area contributed by atoms with E-state index in [0.29, 0.717) is 45.4 Å². The molecule has 12 nitrogen and oxygen atoms in total. The SMILES string of the molecule is CCOC(=O)c1cc2c(=O)n(Cc3ccnc(COC(=O)c4cc5c(=O)n(Cc6ccncc6)ccc5nc4C)c3)ccc2nc1C. The highest BCUT2D eigenvalue weighted by molar-refractivity contribution is 5.95. The van der Waals surface area contributed by atoms with E-state index < -0.39 is 11.9 Å². The van der Waals surface area contributed by atoms with Gasteiger partial charge in [0.1, 0.15) is 6.61 Å². The van der Waals surface area contributed by atoms with E-state index in [-0.39, 0.29) is 42.0 Å². The molecule has 0 radical (unpaired) electrons. The van der Waals surface area contributed by atoms with Gasteiger partial charge >= 0.3 is 11.9 Å². The lowest BCUT2D eigenvalue weighted by molar-refractivity contribution is 0.0465. The highest BCUT2D eigenvalue weighted by atomic mass is 16.5. The van der Waals surface area contributed by atoms with Crippen LogP contribution in [0.4, 0.5) is 0 Å². The van der Waals surface area contributed by atoms with Crippen LogP contribution in [0, 0.1) is 13.8 Å². The summed E-state index contributed by atoms with van der Waals surface area (Å²) in [6.45, 7) is 5.73. The van der Waals surface area contributed by atoms with Crippen LogP contribution in [0.5, 0.6) is 0 Å². The van der Waals surface area contributed by atoms with E-state index in [9.17, 15) is 19.2 Å². The normalized spacial score (nSPS) is 11.1. The summed E-state index contributed by atoms with van der Waals surface area (Å²) in [6.07, 6.45) is 8.22. The Kier molecular flexibility index (Phi) is 8.65. The number of esters is 2. The number of hydrogen-bond donors (Lipinski definition) is 0. The van der Waals surface area contributed by atoms with E-state index >= 15 is 0 Å². The molecule has 0 aliphatic heterocycles. The van der Waals surface area contributed by atoms with Gasteiger partial charge in [-0.05, 0) is 80.4 Å². The summed E-state index contributed by atoms with van der Waals surface area (Å²) >= 11 is 0. The van der Waals surface area contributed by atoms with E-state index in [1.54, 1.807) is 80.6 Å². The van der Waals surface area contributed by atoms with Gasteiger partial charge in [-0.15, -0.1) is 0 Å². The van der Waals surface area contributed by atoms with Crippen LogP contribution in [-0.4, -0.2) is 47.6 Å². The molecule has 0 aliphatic rings. The van der Waals surface area contributed by atoms with E-state index in [1.165, 1.54) is 16.7 Å². The molecule has 0 saturated carbocycles. The number of ether oxygens (including phenoxy) is 2. The van der Waals surface area contributed by atoms with Crippen molar-refractivity contribution in [2.45, 2.75) is 40.5 Å². The zero-order valence-electron chi connectivity index (χ0n) is 26.0. The summed E-state index contributed by atoms with van der Waals surface area (Å²) in [4.78, 5) is 69.4. The molecule has 0 bridgehead atoms. The van der Waals surface area contributed by atoms with Crippen molar-refractivity contribution in [3.63, 3.8) is 0 Å². The smallest absolute Gasteiger partial charge is 0.340 e. The van der Waals surface area contributed by atoms with Crippen molar-refractivity contribution in [2.24, 2.45) is 0 Å². The van der Waals surface area contributed by atoms with Crippen LogP contribution in [0.2, 0.25) is 0 Å². The number of aryl methyl sites for hydroxylation is 2. The molecule has 0 aliphatic carbocycles. The highest BCUT2D eigenvalue weighted by Gasteiger charge is 2.17. The quantitative estimate of drug-likeness (QED) is 0.213. The minimum absolute atomic E-state index is 0.135. The van der Waals surface area contributed by atoms with Crippen molar-refractivity contribution in [3.8, 4) is 0 Å². The van der Waals surface area contributed by atoms with Gasteiger partial charge < -0.3 is 18.6 Å². The topological polar surface area (TPSA) is 148 Å². The van der Waals surface area contributed by atoms with Crippen LogP contribution in [0.15, 0.2) is 89.1 Å². The Hall–Kier alpha value is -6.04. The number of carbonyl (C=O) groups is 2. The molecule has 0 fully saturated rings. The fraction of sp³-hybridized carbons (Fsp3) is 0.200. The molecule has 0 atom stereocenters. The molecule has 0 unspecified atom stereocenters. The number of fused-ring (bicyclic) bond motifs is 2. The zero-order valence-corrected chi connectivity index (χ0v) is 26.0.